The maximum absolute atomic E-state index is 12.3. The first-order valence-electron chi connectivity index (χ1n) is 7.47. The molecule has 2 aromatic rings. The first kappa shape index (κ1) is 16.7. The molecule has 0 spiro atoms. The van der Waals surface area contributed by atoms with E-state index in [0.717, 1.165) is 0 Å². The average Bonchev–Trinajstić information content (AvgIpc) is 2.55. The van der Waals surface area contributed by atoms with Gasteiger partial charge in [-0.2, -0.15) is 0 Å². The van der Waals surface area contributed by atoms with E-state index in [1.165, 1.54) is 6.08 Å². The van der Waals surface area contributed by atoms with E-state index in [9.17, 15) is 9.59 Å². The second-order valence-corrected chi connectivity index (χ2v) is 6.24. The maximum atomic E-state index is 12.3. The Bertz CT molecular complexity index is 708. The summed E-state index contributed by atoms with van der Waals surface area (Å²) in [6, 6.07) is 17.9. The van der Waals surface area contributed by atoms with Crippen LogP contribution in [0.4, 0.5) is 0 Å². The van der Waals surface area contributed by atoms with Gasteiger partial charge in [-0.05, 0) is 12.1 Å². The zero-order chi connectivity index (χ0) is 16.9. The Kier molecular flexibility index (Phi) is 5.12. The highest BCUT2D eigenvalue weighted by Gasteiger charge is 2.21. The molecule has 118 valence electrons. The van der Waals surface area contributed by atoms with Gasteiger partial charge in [0.2, 0.25) is 0 Å². The molecule has 0 saturated heterocycles. The van der Waals surface area contributed by atoms with Crippen molar-refractivity contribution in [2.24, 2.45) is 5.41 Å². The predicted molar refractivity (Wildman–Crippen MR) is 90.7 cm³/mol. The molecule has 3 nitrogen and oxygen atoms in total. The van der Waals surface area contributed by atoms with E-state index in [1.807, 2.05) is 45.0 Å². The minimum Gasteiger partial charge on any atom is -0.422 e. The quantitative estimate of drug-likeness (QED) is 0.474. The minimum absolute atomic E-state index is 0.0998. The summed E-state index contributed by atoms with van der Waals surface area (Å²) in [5.74, 6) is -0.320. The number of esters is 1. The number of allylic oxidation sites excluding steroid dienone is 1. The third kappa shape index (κ3) is 4.65. The van der Waals surface area contributed by atoms with E-state index in [-0.39, 0.29) is 11.5 Å². The molecule has 2 aromatic carbocycles. The second kappa shape index (κ2) is 7.05. The van der Waals surface area contributed by atoms with Crippen molar-refractivity contribution in [2.45, 2.75) is 20.8 Å². The second-order valence-electron chi connectivity index (χ2n) is 6.24. The lowest BCUT2D eigenvalue weighted by molar-refractivity contribution is -0.121. The zero-order valence-electron chi connectivity index (χ0n) is 13.6. The molecule has 0 saturated carbocycles. The van der Waals surface area contributed by atoms with Crippen LogP contribution in [-0.4, -0.2) is 11.8 Å². The molecule has 0 aliphatic rings. The van der Waals surface area contributed by atoms with Gasteiger partial charge < -0.3 is 4.74 Å². The number of benzene rings is 2. The van der Waals surface area contributed by atoms with Crippen LogP contribution < -0.4 is 0 Å². The summed E-state index contributed by atoms with van der Waals surface area (Å²) in [5, 5.41) is 0. The van der Waals surface area contributed by atoms with Crippen molar-refractivity contribution in [3.8, 4) is 0 Å². The lowest BCUT2D eigenvalue weighted by Crippen LogP contribution is -2.18. The van der Waals surface area contributed by atoms with Gasteiger partial charge in [-0.3, -0.25) is 4.79 Å². The first-order chi connectivity index (χ1) is 10.9. The highest BCUT2D eigenvalue weighted by molar-refractivity contribution is 6.01. The van der Waals surface area contributed by atoms with Crippen LogP contribution in [0.3, 0.4) is 0 Å². The molecule has 0 aromatic heterocycles. The number of ketones is 1. The number of ether oxygens (including phenoxy) is 1. The van der Waals surface area contributed by atoms with Crippen LogP contribution in [0.25, 0.3) is 5.76 Å². The van der Waals surface area contributed by atoms with Crippen LogP contribution in [-0.2, 0) is 9.53 Å². The molecule has 2 rings (SSSR count). The summed E-state index contributed by atoms with van der Waals surface area (Å²) in [6.07, 6.45) is 1.40. The van der Waals surface area contributed by atoms with E-state index in [1.54, 1.807) is 36.4 Å². The largest absolute Gasteiger partial charge is 0.422 e. The van der Waals surface area contributed by atoms with Crippen molar-refractivity contribution in [1.29, 1.82) is 0 Å². The lowest BCUT2D eigenvalue weighted by Gasteiger charge is -2.15. The number of hydrogen-bond acceptors (Lipinski definition) is 3. The van der Waals surface area contributed by atoms with Crippen molar-refractivity contribution in [3.63, 3.8) is 0 Å². The summed E-state index contributed by atoms with van der Waals surface area (Å²) >= 11 is 0. The number of rotatable bonds is 4. The smallest absolute Gasteiger partial charge is 0.343 e. The highest BCUT2D eigenvalue weighted by atomic mass is 16.5. The molecule has 0 amide bonds. The van der Waals surface area contributed by atoms with Gasteiger partial charge in [-0.25, -0.2) is 4.79 Å². The molecule has 23 heavy (non-hydrogen) atoms. The molecule has 0 unspecified atom stereocenters. The molecule has 0 bridgehead atoms. The Labute approximate surface area is 136 Å². The fourth-order valence-corrected chi connectivity index (χ4v) is 1.84. The topological polar surface area (TPSA) is 43.4 Å². The Balaban J connectivity index is 2.33. The Morgan fingerprint density at radius 2 is 1.30 bits per heavy atom. The predicted octanol–water partition coefficient (Wildman–Crippen LogP) is 4.50. The van der Waals surface area contributed by atoms with E-state index in [2.05, 4.69) is 0 Å². The lowest BCUT2D eigenvalue weighted by atomic mass is 9.90. The monoisotopic (exact) mass is 308 g/mol. The maximum Gasteiger partial charge on any atom is 0.343 e. The SMILES string of the molecule is CC(C)(C)C(=O)/C=C(\OC(=O)c1ccccc1)c1ccccc1. The molecule has 0 heterocycles. The standard InChI is InChI=1S/C20H20O3/c1-20(2,3)18(21)14-17(15-10-6-4-7-11-15)23-19(22)16-12-8-5-9-13-16/h4-14H,1-3H3/b17-14-. The third-order valence-corrected chi connectivity index (χ3v) is 3.27. The van der Waals surface area contributed by atoms with Gasteiger partial charge in [-0.15, -0.1) is 0 Å². The molecular formula is C20H20O3. The zero-order valence-corrected chi connectivity index (χ0v) is 13.6. The van der Waals surface area contributed by atoms with Crippen molar-refractivity contribution in [3.05, 3.63) is 77.9 Å². The van der Waals surface area contributed by atoms with Crippen molar-refractivity contribution in [2.75, 3.05) is 0 Å². The summed E-state index contributed by atoms with van der Waals surface area (Å²) in [4.78, 5) is 24.6. The van der Waals surface area contributed by atoms with Crippen LogP contribution in [0, 0.1) is 5.41 Å². The molecule has 0 N–H and O–H groups in total. The van der Waals surface area contributed by atoms with Crippen LogP contribution in [0.15, 0.2) is 66.7 Å². The Morgan fingerprint density at radius 1 is 0.826 bits per heavy atom. The number of carbonyl (C=O) groups is 2. The first-order valence-corrected chi connectivity index (χ1v) is 7.47. The molecule has 0 aliphatic carbocycles. The molecule has 0 atom stereocenters. The summed E-state index contributed by atoms with van der Waals surface area (Å²) in [7, 11) is 0. The van der Waals surface area contributed by atoms with Crippen LogP contribution in [0.2, 0.25) is 0 Å². The van der Waals surface area contributed by atoms with Crippen molar-refractivity contribution in [1.82, 2.24) is 0 Å². The summed E-state index contributed by atoms with van der Waals surface area (Å²) in [6.45, 7) is 5.48. The van der Waals surface area contributed by atoms with Gasteiger partial charge in [0, 0.05) is 17.1 Å². The Hall–Kier alpha value is -2.68. The molecule has 3 heteroatoms. The van der Waals surface area contributed by atoms with E-state index < -0.39 is 11.4 Å². The molecule has 0 aliphatic heterocycles. The van der Waals surface area contributed by atoms with Crippen LogP contribution in [0.1, 0.15) is 36.7 Å². The van der Waals surface area contributed by atoms with E-state index in [4.69, 9.17) is 4.74 Å². The van der Waals surface area contributed by atoms with Crippen LogP contribution >= 0.6 is 0 Å². The highest BCUT2D eigenvalue weighted by Crippen LogP contribution is 2.22. The normalized spacial score (nSPS) is 11.9. The summed E-state index contributed by atoms with van der Waals surface area (Å²) < 4.78 is 5.49. The van der Waals surface area contributed by atoms with Gasteiger partial charge in [-0.1, -0.05) is 69.3 Å². The van der Waals surface area contributed by atoms with Crippen molar-refractivity contribution >= 4 is 17.5 Å². The minimum atomic E-state index is -0.542. The number of hydrogen-bond donors (Lipinski definition) is 0. The van der Waals surface area contributed by atoms with E-state index >= 15 is 0 Å². The Morgan fingerprint density at radius 3 is 1.78 bits per heavy atom. The summed E-state index contributed by atoms with van der Waals surface area (Å²) in [5.41, 5.74) is 0.589. The fourth-order valence-electron chi connectivity index (χ4n) is 1.84. The average molecular weight is 308 g/mol. The van der Waals surface area contributed by atoms with Gasteiger partial charge in [0.1, 0.15) is 5.76 Å². The van der Waals surface area contributed by atoms with Gasteiger partial charge in [0.15, 0.2) is 5.78 Å². The van der Waals surface area contributed by atoms with Gasteiger partial charge in [0.05, 0.1) is 5.56 Å². The van der Waals surface area contributed by atoms with Gasteiger partial charge >= 0.3 is 5.97 Å². The fraction of sp³-hybridized carbons (Fsp3) is 0.200. The molecule has 0 fully saturated rings. The molecule has 0 radical (unpaired) electrons. The van der Waals surface area contributed by atoms with Crippen molar-refractivity contribution < 1.29 is 14.3 Å². The van der Waals surface area contributed by atoms with Crippen LogP contribution in [0.5, 0.6) is 0 Å². The van der Waals surface area contributed by atoms with Gasteiger partial charge in [0.25, 0.3) is 0 Å². The number of carbonyl (C=O) groups excluding carboxylic acids is 2. The van der Waals surface area contributed by atoms with E-state index in [0.29, 0.717) is 11.1 Å². The molecular weight excluding hydrogens is 288 g/mol. The third-order valence-electron chi connectivity index (χ3n) is 3.27.